The lowest BCUT2D eigenvalue weighted by molar-refractivity contribution is -0.131. The first-order chi connectivity index (χ1) is 14.6. The second kappa shape index (κ2) is 8.69. The summed E-state index contributed by atoms with van der Waals surface area (Å²) in [6, 6.07) is 17.5. The number of aromatic nitrogens is 5. The molecule has 4 rings (SSSR count). The van der Waals surface area contributed by atoms with Crippen LogP contribution >= 0.6 is 0 Å². The van der Waals surface area contributed by atoms with E-state index >= 15 is 0 Å². The molecule has 152 valence electrons. The minimum absolute atomic E-state index is 0.0160. The number of nitrogens with zero attached hydrogens (tertiary/aromatic N) is 6. The van der Waals surface area contributed by atoms with Crippen molar-refractivity contribution in [3.8, 4) is 17.1 Å². The molecule has 0 aliphatic carbocycles. The van der Waals surface area contributed by atoms with Crippen molar-refractivity contribution in [3.05, 3.63) is 78.7 Å². The first-order valence-corrected chi connectivity index (χ1v) is 9.70. The van der Waals surface area contributed by atoms with Crippen molar-refractivity contribution in [3.63, 3.8) is 0 Å². The fourth-order valence-electron chi connectivity index (χ4n) is 3.14. The largest absolute Gasteiger partial charge is 0.339 e. The second-order valence-corrected chi connectivity index (χ2v) is 6.99. The Morgan fingerprint density at radius 2 is 1.90 bits per heavy atom. The van der Waals surface area contributed by atoms with E-state index < -0.39 is 0 Å². The van der Waals surface area contributed by atoms with Crippen LogP contribution in [-0.4, -0.2) is 42.8 Å². The molecule has 8 nitrogen and oxygen atoms in total. The van der Waals surface area contributed by atoms with E-state index in [0.717, 1.165) is 16.8 Å². The minimum atomic E-state index is -0.0649. The summed E-state index contributed by atoms with van der Waals surface area (Å²) in [6.45, 7) is 2.00. The Kier molecular flexibility index (Phi) is 5.65. The van der Waals surface area contributed by atoms with E-state index in [0.29, 0.717) is 24.6 Å². The summed E-state index contributed by atoms with van der Waals surface area (Å²) in [5, 5.41) is 8.12. The molecule has 0 radical (unpaired) electrons. The van der Waals surface area contributed by atoms with Crippen molar-refractivity contribution >= 4 is 5.91 Å². The van der Waals surface area contributed by atoms with Crippen LogP contribution in [0, 0.1) is 0 Å². The zero-order chi connectivity index (χ0) is 20.9. The van der Waals surface area contributed by atoms with E-state index in [9.17, 15) is 4.79 Å². The molecule has 0 fully saturated rings. The van der Waals surface area contributed by atoms with Crippen LogP contribution in [0.5, 0.6) is 0 Å². The van der Waals surface area contributed by atoms with Crippen molar-refractivity contribution in [2.45, 2.75) is 25.8 Å². The number of carbonyl (C=O) groups excluding carboxylic acids is 1. The maximum Gasteiger partial charge on any atom is 0.227 e. The Bertz CT molecular complexity index is 1090. The van der Waals surface area contributed by atoms with Gasteiger partial charge in [-0.2, -0.15) is 10.1 Å². The van der Waals surface area contributed by atoms with Gasteiger partial charge in [-0.1, -0.05) is 47.6 Å². The summed E-state index contributed by atoms with van der Waals surface area (Å²) in [5.41, 5.74) is 2.85. The van der Waals surface area contributed by atoms with Gasteiger partial charge in [0.25, 0.3) is 0 Å². The molecule has 0 saturated carbocycles. The van der Waals surface area contributed by atoms with E-state index in [-0.39, 0.29) is 11.9 Å². The van der Waals surface area contributed by atoms with Gasteiger partial charge in [0.15, 0.2) is 0 Å². The van der Waals surface area contributed by atoms with Crippen molar-refractivity contribution in [1.29, 1.82) is 0 Å². The molecule has 0 aliphatic heterocycles. The van der Waals surface area contributed by atoms with Crippen LogP contribution in [0.15, 0.2) is 71.8 Å². The Balaban J connectivity index is 1.35. The minimum Gasteiger partial charge on any atom is -0.339 e. The molecule has 0 aliphatic rings. The molecule has 2 aromatic heterocycles. The number of benzene rings is 2. The van der Waals surface area contributed by atoms with Gasteiger partial charge in [0.2, 0.25) is 17.6 Å². The summed E-state index contributed by atoms with van der Waals surface area (Å²) in [4.78, 5) is 22.8. The number of hydrogen-bond donors (Lipinski definition) is 0. The van der Waals surface area contributed by atoms with Gasteiger partial charge in [-0.25, -0.2) is 9.67 Å². The van der Waals surface area contributed by atoms with Crippen LogP contribution in [0.3, 0.4) is 0 Å². The summed E-state index contributed by atoms with van der Waals surface area (Å²) in [5.74, 6) is 1.01. The molecule has 0 saturated heterocycles. The van der Waals surface area contributed by atoms with Gasteiger partial charge in [0.05, 0.1) is 11.7 Å². The molecule has 0 unspecified atom stereocenters. The average Bonchev–Trinajstić information content (AvgIpc) is 3.50. The van der Waals surface area contributed by atoms with Crippen molar-refractivity contribution < 1.29 is 9.32 Å². The lowest BCUT2D eigenvalue weighted by Crippen LogP contribution is -2.29. The number of rotatable bonds is 7. The fourth-order valence-corrected chi connectivity index (χ4v) is 3.14. The van der Waals surface area contributed by atoms with Gasteiger partial charge < -0.3 is 9.42 Å². The number of aryl methyl sites for hydroxylation is 1. The zero-order valence-electron chi connectivity index (χ0n) is 16.8. The standard InChI is InChI=1S/C22H22N6O2/c1-16(17-8-10-19(11-9-17)28-15-23-14-24-28)27(2)21(29)13-12-20-25-22(26-30-20)18-6-4-3-5-7-18/h3-11,14-16H,12-13H2,1-2H3/t16-/m1/s1. The molecule has 0 spiro atoms. The first kappa shape index (κ1) is 19.5. The van der Waals surface area contributed by atoms with Gasteiger partial charge in [-0.15, -0.1) is 0 Å². The Morgan fingerprint density at radius 1 is 1.13 bits per heavy atom. The van der Waals surface area contributed by atoms with Crippen LogP contribution in [0.25, 0.3) is 17.1 Å². The molecule has 0 bridgehead atoms. The van der Waals surface area contributed by atoms with Crippen LogP contribution < -0.4 is 0 Å². The smallest absolute Gasteiger partial charge is 0.227 e. The first-order valence-electron chi connectivity index (χ1n) is 9.70. The van der Waals surface area contributed by atoms with Gasteiger partial charge >= 0.3 is 0 Å². The van der Waals surface area contributed by atoms with E-state index in [4.69, 9.17) is 4.52 Å². The lowest BCUT2D eigenvalue weighted by Gasteiger charge is -2.25. The molecule has 1 amide bonds. The molecule has 2 heterocycles. The highest BCUT2D eigenvalue weighted by Crippen LogP contribution is 2.21. The van der Waals surface area contributed by atoms with Crippen LogP contribution in [-0.2, 0) is 11.2 Å². The van der Waals surface area contributed by atoms with Gasteiger partial charge in [0, 0.05) is 25.5 Å². The fraction of sp³-hybridized carbons (Fsp3) is 0.227. The van der Waals surface area contributed by atoms with Crippen LogP contribution in [0.1, 0.15) is 30.8 Å². The summed E-state index contributed by atoms with van der Waals surface area (Å²) >= 11 is 0. The number of amides is 1. The summed E-state index contributed by atoms with van der Waals surface area (Å²) < 4.78 is 6.99. The Labute approximate surface area is 174 Å². The van der Waals surface area contributed by atoms with Crippen molar-refractivity contribution in [2.75, 3.05) is 7.05 Å². The highest BCUT2D eigenvalue weighted by atomic mass is 16.5. The monoisotopic (exact) mass is 402 g/mol. The molecular formula is C22H22N6O2. The summed E-state index contributed by atoms with van der Waals surface area (Å²) in [6.07, 6.45) is 3.85. The third-order valence-electron chi connectivity index (χ3n) is 5.09. The maximum absolute atomic E-state index is 12.7. The Morgan fingerprint density at radius 3 is 2.60 bits per heavy atom. The van der Waals surface area contributed by atoms with Gasteiger partial charge in [0.1, 0.15) is 12.7 Å². The van der Waals surface area contributed by atoms with Gasteiger partial charge in [-0.05, 0) is 24.6 Å². The predicted octanol–water partition coefficient (Wildman–Crippen LogP) is 3.47. The predicted molar refractivity (Wildman–Crippen MR) is 111 cm³/mol. The van der Waals surface area contributed by atoms with E-state index in [2.05, 4.69) is 20.2 Å². The van der Waals surface area contributed by atoms with Gasteiger partial charge in [-0.3, -0.25) is 4.79 Å². The van der Waals surface area contributed by atoms with Crippen molar-refractivity contribution in [1.82, 2.24) is 29.8 Å². The highest BCUT2D eigenvalue weighted by molar-refractivity contribution is 5.76. The number of hydrogen-bond acceptors (Lipinski definition) is 6. The van der Waals surface area contributed by atoms with E-state index in [1.54, 1.807) is 15.9 Å². The lowest BCUT2D eigenvalue weighted by atomic mass is 10.1. The molecule has 1 atom stereocenters. The topological polar surface area (TPSA) is 89.9 Å². The molecule has 0 N–H and O–H groups in total. The van der Waals surface area contributed by atoms with Crippen molar-refractivity contribution in [2.24, 2.45) is 0 Å². The quantitative estimate of drug-likeness (QED) is 0.470. The third kappa shape index (κ3) is 4.27. The molecule has 2 aromatic carbocycles. The Hall–Kier alpha value is -3.81. The summed E-state index contributed by atoms with van der Waals surface area (Å²) in [7, 11) is 1.81. The maximum atomic E-state index is 12.7. The van der Waals surface area contributed by atoms with E-state index in [1.165, 1.54) is 6.33 Å². The van der Waals surface area contributed by atoms with Crippen LogP contribution in [0.4, 0.5) is 0 Å². The molecular weight excluding hydrogens is 380 g/mol. The molecule has 30 heavy (non-hydrogen) atoms. The normalized spacial score (nSPS) is 11.9. The van der Waals surface area contributed by atoms with Crippen LogP contribution in [0.2, 0.25) is 0 Å². The zero-order valence-corrected chi connectivity index (χ0v) is 16.8. The highest BCUT2D eigenvalue weighted by Gasteiger charge is 2.19. The second-order valence-electron chi connectivity index (χ2n) is 6.99. The molecule has 8 heteroatoms. The average molecular weight is 402 g/mol. The third-order valence-corrected chi connectivity index (χ3v) is 5.09. The van der Waals surface area contributed by atoms with E-state index in [1.807, 2.05) is 68.6 Å². The number of carbonyl (C=O) groups is 1. The SMILES string of the molecule is C[C@H](c1ccc(-n2cncn2)cc1)N(C)C(=O)CCc1nc(-c2ccccc2)no1. The molecule has 4 aromatic rings.